The van der Waals surface area contributed by atoms with Gasteiger partial charge in [-0.2, -0.15) is 0 Å². The van der Waals surface area contributed by atoms with Gasteiger partial charge >= 0.3 is 5.97 Å². The van der Waals surface area contributed by atoms with Crippen molar-refractivity contribution in [2.24, 2.45) is 0 Å². The molecule has 4 nitrogen and oxygen atoms in total. The minimum atomic E-state index is -0.912. The summed E-state index contributed by atoms with van der Waals surface area (Å²) in [5.41, 5.74) is 1.10. The van der Waals surface area contributed by atoms with Crippen LogP contribution in [0.5, 0.6) is 0 Å². The molecule has 0 aromatic heterocycles. The molecule has 1 saturated heterocycles. The highest BCUT2D eigenvalue weighted by Crippen LogP contribution is 2.18. The van der Waals surface area contributed by atoms with E-state index in [-0.39, 0.29) is 5.91 Å². The molecule has 0 spiro atoms. The summed E-state index contributed by atoms with van der Waals surface area (Å²) in [4.78, 5) is 25.2. The van der Waals surface area contributed by atoms with Crippen molar-refractivity contribution in [1.29, 1.82) is 0 Å². The number of rotatable bonds is 5. The van der Waals surface area contributed by atoms with E-state index in [2.05, 4.69) is 0 Å². The Bertz CT molecular complexity index is 496. The average molecular weight is 307 g/mol. The number of carbonyl (C=O) groups excluding carboxylic acids is 1. The molecule has 0 bridgehead atoms. The fourth-order valence-corrected chi connectivity index (χ4v) is 3.45. The smallest absolute Gasteiger partial charge is 0.335 e. The predicted octanol–water partition coefficient (Wildman–Crippen LogP) is 3.02. The van der Waals surface area contributed by atoms with Crippen LogP contribution in [0, 0.1) is 0 Å². The van der Waals surface area contributed by atoms with Crippen LogP contribution in [0.2, 0.25) is 0 Å². The van der Waals surface area contributed by atoms with Gasteiger partial charge in [-0.3, -0.25) is 4.79 Å². The van der Waals surface area contributed by atoms with Crippen molar-refractivity contribution in [3.8, 4) is 0 Å². The van der Waals surface area contributed by atoms with Crippen LogP contribution in [-0.2, 0) is 10.5 Å². The quantitative estimate of drug-likeness (QED) is 0.908. The summed E-state index contributed by atoms with van der Waals surface area (Å²) in [5, 5.41) is 9.12. The van der Waals surface area contributed by atoms with Crippen LogP contribution < -0.4 is 0 Å². The normalized spacial score (nSPS) is 15.5. The third-order valence-corrected chi connectivity index (χ3v) is 4.66. The molecular weight excluding hydrogens is 286 g/mol. The number of thioether (sulfide) groups is 1. The van der Waals surface area contributed by atoms with Crippen LogP contribution >= 0.6 is 11.8 Å². The number of hydrogen-bond acceptors (Lipinski definition) is 3. The first-order valence-electron chi connectivity index (χ1n) is 7.35. The summed E-state index contributed by atoms with van der Waals surface area (Å²) in [7, 11) is 0. The molecule has 1 fully saturated rings. The fraction of sp³-hybridized carbons (Fsp3) is 0.500. The predicted molar refractivity (Wildman–Crippen MR) is 84.6 cm³/mol. The molecule has 1 N–H and O–H groups in total. The maximum Gasteiger partial charge on any atom is 0.335 e. The van der Waals surface area contributed by atoms with E-state index >= 15 is 0 Å². The molecule has 21 heavy (non-hydrogen) atoms. The zero-order valence-electron chi connectivity index (χ0n) is 12.1. The SMILES string of the molecule is O=C(O)c1ccccc1CSCC(=O)N1CCCCCC1. The van der Waals surface area contributed by atoms with E-state index in [1.165, 1.54) is 24.6 Å². The molecule has 0 atom stereocenters. The Balaban J connectivity index is 1.83. The molecule has 0 unspecified atom stereocenters. The molecule has 1 aromatic carbocycles. The van der Waals surface area contributed by atoms with Gasteiger partial charge in [0.25, 0.3) is 0 Å². The summed E-state index contributed by atoms with van der Waals surface area (Å²) in [6.07, 6.45) is 4.61. The van der Waals surface area contributed by atoms with Crippen molar-refractivity contribution in [1.82, 2.24) is 4.90 Å². The van der Waals surface area contributed by atoms with Gasteiger partial charge < -0.3 is 10.0 Å². The molecular formula is C16H21NO3S. The molecule has 1 heterocycles. The summed E-state index contributed by atoms with van der Waals surface area (Å²) < 4.78 is 0. The number of likely N-dealkylation sites (tertiary alicyclic amines) is 1. The molecule has 1 aliphatic heterocycles. The van der Waals surface area contributed by atoms with E-state index in [0.717, 1.165) is 31.5 Å². The number of aromatic carboxylic acids is 1. The van der Waals surface area contributed by atoms with Gasteiger partial charge in [0.05, 0.1) is 11.3 Å². The Hall–Kier alpha value is -1.49. The Kier molecular flexibility index (Phi) is 6.11. The standard InChI is InChI=1S/C16H21NO3S/c18-15(17-9-5-1-2-6-10-17)12-21-11-13-7-3-4-8-14(13)16(19)20/h3-4,7-8H,1-2,5-6,9-12H2,(H,19,20). The second kappa shape index (κ2) is 8.08. The van der Waals surface area contributed by atoms with Gasteiger partial charge in [0.1, 0.15) is 0 Å². The van der Waals surface area contributed by atoms with Gasteiger partial charge in [-0.15, -0.1) is 11.8 Å². The molecule has 1 aromatic rings. The molecule has 0 radical (unpaired) electrons. The second-order valence-corrected chi connectivity index (χ2v) is 6.24. The number of benzene rings is 1. The van der Waals surface area contributed by atoms with E-state index in [1.807, 2.05) is 17.0 Å². The molecule has 0 saturated carbocycles. The van der Waals surface area contributed by atoms with Crippen LogP contribution in [-0.4, -0.2) is 40.7 Å². The van der Waals surface area contributed by atoms with Crippen molar-refractivity contribution < 1.29 is 14.7 Å². The van der Waals surface area contributed by atoms with Crippen LogP contribution in [0.1, 0.15) is 41.6 Å². The minimum absolute atomic E-state index is 0.176. The van der Waals surface area contributed by atoms with Crippen molar-refractivity contribution in [3.63, 3.8) is 0 Å². The average Bonchev–Trinajstić information content (AvgIpc) is 2.76. The molecule has 5 heteroatoms. The van der Waals surface area contributed by atoms with Crippen molar-refractivity contribution in [3.05, 3.63) is 35.4 Å². The third-order valence-electron chi connectivity index (χ3n) is 3.69. The van der Waals surface area contributed by atoms with Gasteiger partial charge in [0, 0.05) is 18.8 Å². The van der Waals surface area contributed by atoms with E-state index in [0.29, 0.717) is 17.1 Å². The Morgan fingerprint density at radius 2 is 1.76 bits per heavy atom. The van der Waals surface area contributed by atoms with Gasteiger partial charge in [-0.25, -0.2) is 4.79 Å². The lowest BCUT2D eigenvalue weighted by Crippen LogP contribution is -2.33. The highest BCUT2D eigenvalue weighted by atomic mass is 32.2. The van der Waals surface area contributed by atoms with Crippen molar-refractivity contribution in [2.45, 2.75) is 31.4 Å². The van der Waals surface area contributed by atoms with Gasteiger partial charge in [-0.05, 0) is 24.5 Å². The van der Waals surface area contributed by atoms with Gasteiger partial charge in [0.15, 0.2) is 0 Å². The van der Waals surface area contributed by atoms with E-state index in [4.69, 9.17) is 5.11 Å². The maximum atomic E-state index is 12.1. The zero-order chi connectivity index (χ0) is 15.1. The number of hydrogen-bond donors (Lipinski definition) is 1. The number of carbonyl (C=O) groups is 2. The van der Waals surface area contributed by atoms with Crippen LogP contribution in [0.4, 0.5) is 0 Å². The summed E-state index contributed by atoms with van der Waals surface area (Å²) >= 11 is 1.49. The number of carboxylic acids is 1. The molecule has 1 amide bonds. The fourth-order valence-electron chi connectivity index (χ4n) is 2.51. The van der Waals surface area contributed by atoms with E-state index in [1.54, 1.807) is 12.1 Å². The Labute approximate surface area is 129 Å². The largest absolute Gasteiger partial charge is 0.478 e. The summed E-state index contributed by atoms with van der Waals surface area (Å²) in [5.74, 6) is 0.246. The number of amides is 1. The van der Waals surface area contributed by atoms with E-state index < -0.39 is 5.97 Å². The van der Waals surface area contributed by atoms with Gasteiger partial charge in [-0.1, -0.05) is 31.0 Å². The molecule has 0 aliphatic carbocycles. The Morgan fingerprint density at radius 1 is 1.10 bits per heavy atom. The van der Waals surface area contributed by atoms with Crippen molar-refractivity contribution in [2.75, 3.05) is 18.8 Å². The first kappa shape index (κ1) is 15.9. The lowest BCUT2D eigenvalue weighted by molar-refractivity contribution is -0.128. The molecule has 1 aliphatic rings. The topological polar surface area (TPSA) is 57.6 Å². The second-order valence-electron chi connectivity index (χ2n) is 5.25. The highest BCUT2D eigenvalue weighted by molar-refractivity contribution is 7.99. The zero-order valence-corrected chi connectivity index (χ0v) is 12.9. The van der Waals surface area contributed by atoms with Crippen molar-refractivity contribution >= 4 is 23.6 Å². The van der Waals surface area contributed by atoms with Crippen LogP contribution in [0.3, 0.4) is 0 Å². The lowest BCUT2D eigenvalue weighted by atomic mass is 10.1. The first-order chi connectivity index (χ1) is 10.2. The number of carboxylic acid groups (broad SMARTS) is 1. The summed E-state index contributed by atoms with van der Waals surface area (Å²) in [6.45, 7) is 1.73. The first-order valence-corrected chi connectivity index (χ1v) is 8.50. The Morgan fingerprint density at radius 3 is 2.43 bits per heavy atom. The monoisotopic (exact) mass is 307 g/mol. The number of nitrogens with zero attached hydrogens (tertiary/aromatic N) is 1. The molecule has 2 rings (SSSR count). The minimum Gasteiger partial charge on any atom is -0.478 e. The van der Waals surface area contributed by atoms with E-state index in [9.17, 15) is 9.59 Å². The highest BCUT2D eigenvalue weighted by Gasteiger charge is 2.16. The maximum absolute atomic E-state index is 12.1. The van der Waals surface area contributed by atoms with Crippen LogP contribution in [0.25, 0.3) is 0 Å². The van der Waals surface area contributed by atoms with Gasteiger partial charge in [0.2, 0.25) is 5.91 Å². The van der Waals surface area contributed by atoms with Crippen LogP contribution in [0.15, 0.2) is 24.3 Å². The molecule has 114 valence electrons. The third kappa shape index (κ3) is 4.77. The summed E-state index contributed by atoms with van der Waals surface area (Å²) in [6, 6.07) is 6.97. The lowest BCUT2D eigenvalue weighted by Gasteiger charge is -2.20.